The molecule has 29 heavy (non-hydrogen) atoms. The summed E-state index contributed by atoms with van der Waals surface area (Å²) in [4.78, 5) is 35.7. The van der Waals surface area contributed by atoms with Crippen molar-refractivity contribution in [1.29, 1.82) is 0 Å². The van der Waals surface area contributed by atoms with Gasteiger partial charge in [-0.05, 0) is 23.8 Å². The van der Waals surface area contributed by atoms with E-state index in [0.29, 0.717) is 5.69 Å². The quantitative estimate of drug-likeness (QED) is 0.523. The van der Waals surface area contributed by atoms with Crippen molar-refractivity contribution < 1.29 is 14.7 Å². The van der Waals surface area contributed by atoms with Gasteiger partial charge in [0.15, 0.2) is 0 Å². The Morgan fingerprint density at radius 2 is 1.66 bits per heavy atom. The van der Waals surface area contributed by atoms with E-state index in [2.05, 4.69) is 25.6 Å². The molecule has 0 saturated carbocycles. The lowest BCUT2D eigenvalue weighted by Crippen LogP contribution is -2.32. The highest BCUT2D eigenvalue weighted by molar-refractivity contribution is 6.40. The standard InChI is InChI=1S/C19H15Cl2N5O3/c20-13-9-22-10-14(21)16(13)17(27)25-12-4-2-11(3-5-12)8-15(18(28)29)26-19-23-6-1-7-24-19/h1-7,9-10,15H,8H2,(H,25,27)(H,28,29)(H,23,24,26)/t15-/m0/s1. The van der Waals surface area contributed by atoms with Crippen molar-refractivity contribution in [1.82, 2.24) is 15.0 Å². The van der Waals surface area contributed by atoms with Crippen molar-refractivity contribution in [3.8, 4) is 0 Å². The number of carbonyl (C=O) groups excluding carboxylic acids is 1. The molecule has 0 bridgehead atoms. The molecule has 0 saturated heterocycles. The monoisotopic (exact) mass is 431 g/mol. The minimum atomic E-state index is -1.03. The van der Waals surface area contributed by atoms with Crippen molar-refractivity contribution in [2.45, 2.75) is 12.5 Å². The molecule has 0 fully saturated rings. The van der Waals surface area contributed by atoms with Gasteiger partial charge in [0.25, 0.3) is 5.91 Å². The van der Waals surface area contributed by atoms with Crippen LogP contribution in [0.3, 0.4) is 0 Å². The number of halogens is 2. The molecular formula is C19H15Cl2N5O3. The summed E-state index contributed by atoms with van der Waals surface area (Å²) in [7, 11) is 0. The van der Waals surface area contributed by atoms with Crippen molar-refractivity contribution >= 4 is 46.7 Å². The molecule has 1 amide bonds. The summed E-state index contributed by atoms with van der Waals surface area (Å²) in [5, 5.41) is 15.2. The lowest BCUT2D eigenvalue weighted by Gasteiger charge is -2.14. The second-order valence-electron chi connectivity index (χ2n) is 5.94. The predicted molar refractivity (Wildman–Crippen MR) is 109 cm³/mol. The van der Waals surface area contributed by atoms with Crippen LogP contribution in [0, 0.1) is 0 Å². The SMILES string of the molecule is O=C(Nc1ccc(C[C@H](Nc2ncccn2)C(=O)O)cc1)c1c(Cl)cncc1Cl. The Balaban J connectivity index is 1.67. The molecule has 0 aliphatic heterocycles. The van der Waals surface area contributed by atoms with E-state index in [1.165, 1.54) is 24.8 Å². The van der Waals surface area contributed by atoms with Gasteiger partial charge in [0.2, 0.25) is 5.95 Å². The van der Waals surface area contributed by atoms with E-state index in [1.807, 2.05) is 0 Å². The van der Waals surface area contributed by atoms with Crippen molar-refractivity contribution in [2.75, 3.05) is 10.6 Å². The van der Waals surface area contributed by atoms with E-state index in [9.17, 15) is 14.7 Å². The Labute approximate surface area is 175 Å². The molecule has 0 aliphatic rings. The molecule has 148 valence electrons. The molecule has 3 aromatic rings. The molecule has 10 heteroatoms. The molecule has 1 atom stereocenters. The predicted octanol–water partition coefficient (Wildman–Crippen LogP) is 3.54. The van der Waals surface area contributed by atoms with Gasteiger partial charge in [-0.3, -0.25) is 9.78 Å². The fourth-order valence-electron chi connectivity index (χ4n) is 2.51. The minimum Gasteiger partial charge on any atom is -0.480 e. The third-order valence-corrected chi connectivity index (χ3v) is 4.47. The van der Waals surface area contributed by atoms with Crippen LogP contribution in [0.5, 0.6) is 0 Å². The van der Waals surface area contributed by atoms with Gasteiger partial charge in [0.1, 0.15) is 6.04 Å². The molecule has 0 radical (unpaired) electrons. The zero-order valence-corrected chi connectivity index (χ0v) is 16.4. The van der Waals surface area contributed by atoms with Crippen LogP contribution in [0.4, 0.5) is 11.6 Å². The maximum Gasteiger partial charge on any atom is 0.326 e. The van der Waals surface area contributed by atoms with Crippen LogP contribution in [0.1, 0.15) is 15.9 Å². The normalized spacial score (nSPS) is 11.5. The molecule has 0 unspecified atom stereocenters. The van der Waals surface area contributed by atoms with E-state index in [1.54, 1.807) is 30.3 Å². The van der Waals surface area contributed by atoms with E-state index in [4.69, 9.17) is 23.2 Å². The van der Waals surface area contributed by atoms with Crippen LogP contribution in [0.15, 0.2) is 55.1 Å². The van der Waals surface area contributed by atoms with Crippen LogP contribution >= 0.6 is 23.2 Å². The maximum atomic E-state index is 12.4. The number of anilines is 2. The summed E-state index contributed by atoms with van der Waals surface area (Å²) in [5.74, 6) is -1.27. The van der Waals surface area contributed by atoms with Gasteiger partial charge < -0.3 is 15.7 Å². The van der Waals surface area contributed by atoms with Crippen LogP contribution in [0.2, 0.25) is 10.0 Å². The molecular weight excluding hydrogens is 417 g/mol. The van der Waals surface area contributed by atoms with E-state index >= 15 is 0 Å². The Morgan fingerprint density at radius 1 is 1.03 bits per heavy atom. The molecule has 3 N–H and O–H groups in total. The van der Waals surface area contributed by atoms with Gasteiger partial charge in [-0.2, -0.15) is 0 Å². The molecule has 3 rings (SSSR count). The summed E-state index contributed by atoms with van der Waals surface area (Å²) in [6.07, 6.45) is 5.91. The van der Waals surface area contributed by atoms with Crippen molar-refractivity contribution in [3.05, 3.63) is 76.3 Å². The average molecular weight is 432 g/mol. The Hall–Kier alpha value is -3.23. The van der Waals surface area contributed by atoms with E-state index in [-0.39, 0.29) is 28.0 Å². The highest BCUT2D eigenvalue weighted by Crippen LogP contribution is 2.24. The summed E-state index contributed by atoms with van der Waals surface area (Å²) >= 11 is 12.0. The summed E-state index contributed by atoms with van der Waals surface area (Å²) < 4.78 is 0. The largest absolute Gasteiger partial charge is 0.480 e. The van der Waals surface area contributed by atoms with Gasteiger partial charge in [-0.25, -0.2) is 14.8 Å². The number of hydrogen-bond acceptors (Lipinski definition) is 6. The summed E-state index contributed by atoms with van der Waals surface area (Å²) in [5.41, 5.74) is 1.39. The number of nitrogens with one attached hydrogen (secondary N) is 2. The smallest absolute Gasteiger partial charge is 0.326 e. The fraction of sp³-hybridized carbons (Fsp3) is 0.105. The van der Waals surface area contributed by atoms with Gasteiger partial charge >= 0.3 is 5.97 Å². The highest BCUT2D eigenvalue weighted by Gasteiger charge is 2.19. The summed E-state index contributed by atoms with van der Waals surface area (Å²) in [6.45, 7) is 0. The Kier molecular flexibility index (Phi) is 6.58. The van der Waals surface area contributed by atoms with Gasteiger partial charge in [0, 0.05) is 36.9 Å². The lowest BCUT2D eigenvalue weighted by molar-refractivity contribution is -0.137. The highest BCUT2D eigenvalue weighted by atomic mass is 35.5. The first-order valence-corrected chi connectivity index (χ1v) is 9.15. The first kappa shape index (κ1) is 20.5. The molecule has 1 aromatic carbocycles. The minimum absolute atomic E-state index is 0.130. The third-order valence-electron chi connectivity index (χ3n) is 3.90. The first-order chi connectivity index (χ1) is 13.9. The molecule has 0 spiro atoms. The van der Waals surface area contributed by atoms with Crippen LogP contribution in [-0.4, -0.2) is 38.0 Å². The van der Waals surface area contributed by atoms with Crippen molar-refractivity contribution in [2.24, 2.45) is 0 Å². The van der Waals surface area contributed by atoms with Crippen LogP contribution in [-0.2, 0) is 11.2 Å². The second-order valence-corrected chi connectivity index (χ2v) is 6.76. The van der Waals surface area contributed by atoms with Gasteiger partial charge in [-0.15, -0.1) is 0 Å². The fourth-order valence-corrected chi connectivity index (χ4v) is 3.05. The third kappa shape index (κ3) is 5.40. The van der Waals surface area contributed by atoms with Crippen LogP contribution < -0.4 is 10.6 Å². The van der Waals surface area contributed by atoms with Crippen LogP contribution in [0.25, 0.3) is 0 Å². The molecule has 8 nitrogen and oxygen atoms in total. The van der Waals surface area contributed by atoms with Gasteiger partial charge in [0.05, 0.1) is 15.6 Å². The number of hydrogen-bond donors (Lipinski definition) is 3. The first-order valence-electron chi connectivity index (χ1n) is 8.39. The number of carboxylic acid groups (broad SMARTS) is 1. The number of benzene rings is 1. The van der Waals surface area contributed by atoms with Crippen molar-refractivity contribution in [3.63, 3.8) is 0 Å². The number of aromatic nitrogens is 3. The number of nitrogens with zero attached hydrogens (tertiary/aromatic N) is 3. The number of aliphatic carboxylic acids is 1. The molecule has 2 heterocycles. The lowest BCUT2D eigenvalue weighted by atomic mass is 10.1. The van der Waals surface area contributed by atoms with E-state index < -0.39 is 17.9 Å². The van der Waals surface area contributed by atoms with E-state index in [0.717, 1.165) is 5.56 Å². The topological polar surface area (TPSA) is 117 Å². The number of carbonyl (C=O) groups is 2. The zero-order chi connectivity index (χ0) is 20.8. The zero-order valence-electron chi connectivity index (χ0n) is 14.8. The number of rotatable bonds is 7. The number of carboxylic acids is 1. The average Bonchev–Trinajstić information content (AvgIpc) is 2.69. The molecule has 0 aliphatic carbocycles. The maximum absolute atomic E-state index is 12.4. The number of pyridine rings is 1. The number of amides is 1. The Morgan fingerprint density at radius 3 is 2.24 bits per heavy atom. The van der Waals surface area contributed by atoms with Gasteiger partial charge in [-0.1, -0.05) is 35.3 Å². The summed E-state index contributed by atoms with van der Waals surface area (Å²) in [6, 6.07) is 7.49. The second kappa shape index (κ2) is 9.31. The molecule has 2 aromatic heterocycles. The Bertz CT molecular complexity index is 996.